The SMILES string of the molecule is COc1cc2nc(C)nc(N3CCN(CCCO[N+](=O)[O-])CC3)c2cc1OC. The molecule has 0 atom stereocenters. The van der Waals surface area contributed by atoms with Crippen LogP contribution in [0.15, 0.2) is 12.1 Å². The molecule has 2 aromatic rings. The van der Waals surface area contributed by atoms with Gasteiger partial charge < -0.3 is 19.2 Å². The molecule has 1 fully saturated rings. The lowest BCUT2D eigenvalue weighted by atomic mass is 10.1. The van der Waals surface area contributed by atoms with E-state index in [-0.39, 0.29) is 6.61 Å². The molecule has 0 aliphatic carbocycles. The highest BCUT2D eigenvalue weighted by Gasteiger charge is 2.21. The fourth-order valence-corrected chi connectivity index (χ4v) is 3.40. The smallest absolute Gasteiger partial charge is 0.294 e. The lowest BCUT2D eigenvalue weighted by molar-refractivity contribution is -0.757. The van der Waals surface area contributed by atoms with Crippen molar-refractivity contribution in [2.75, 3.05) is 58.5 Å². The molecular formula is C18H25N5O5. The standard InChI is InChI=1S/C18H25N5O5/c1-13-19-15-12-17(27-3)16(26-2)11-14(15)18(20-13)22-8-6-21(7-9-22)5-4-10-28-23(24)25/h11-12H,4-10H2,1-3H3. The quantitative estimate of drug-likeness (QED) is 0.378. The van der Waals surface area contributed by atoms with Crippen molar-refractivity contribution < 1.29 is 19.4 Å². The second-order valence-corrected chi connectivity index (χ2v) is 6.56. The van der Waals surface area contributed by atoms with Crippen LogP contribution in [0.5, 0.6) is 11.5 Å². The van der Waals surface area contributed by atoms with Crippen LogP contribution < -0.4 is 14.4 Å². The number of rotatable bonds is 8. The predicted molar refractivity (Wildman–Crippen MR) is 104 cm³/mol. The van der Waals surface area contributed by atoms with Crippen molar-refractivity contribution in [1.82, 2.24) is 14.9 Å². The van der Waals surface area contributed by atoms with Gasteiger partial charge in [0.2, 0.25) is 0 Å². The number of hydrogen-bond donors (Lipinski definition) is 0. The summed E-state index contributed by atoms with van der Waals surface area (Å²) in [4.78, 5) is 28.3. The Labute approximate surface area is 163 Å². The Morgan fingerprint density at radius 3 is 2.43 bits per heavy atom. The second kappa shape index (κ2) is 8.87. The van der Waals surface area contributed by atoms with Gasteiger partial charge in [0, 0.05) is 44.2 Å². The van der Waals surface area contributed by atoms with Gasteiger partial charge in [0.25, 0.3) is 5.09 Å². The van der Waals surface area contributed by atoms with E-state index < -0.39 is 5.09 Å². The molecule has 10 nitrogen and oxygen atoms in total. The molecule has 0 N–H and O–H groups in total. The zero-order valence-corrected chi connectivity index (χ0v) is 16.4. The lowest BCUT2D eigenvalue weighted by Gasteiger charge is -2.35. The van der Waals surface area contributed by atoms with E-state index in [2.05, 4.69) is 24.6 Å². The van der Waals surface area contributed by atoms with Crippen molar-refractivity contribution >= 4 is 16.7 Å². The molecule has 0 saturated carbocycles. The summed E-state index contributed by atoms with van der Waals surface area (Å²) >= 11 is 0. The van der Waals surface area contributed by atoms with Crippen LogP contribution in [0.3, 0.4) is 0 Å². The third-order valence-electron chi connectivity index (χ3n) is 4.78. The highest BCUT2D eigenvalue weighted by atomic mass is 16.9. The minimum atomic E-state index is -0.746. The van der Waals surface area contributed by atoms with Crippen LogP contribution in [0.1, 0.15) is 12.2 Å². The molecule has 152 valence electrons. The molecule has 1 aromatic heterocycles. The Kier molecular flexibility index (Phi) is 6.30. The number of aromatic nitrogens is 2. The fourth-order valence-electron chi connectivity index (χ4n) is 3.40. The highest BCUT2D eigenvalue weighted by Crippen LogP contribution is 2.35. The number of aryl methyl sites for hydroxylation is 1. The van der Waals surface area contributed by atoms with Gasteiger partial charge in [-0.25, -0.2) is 9.97 Å². The molecule has 1 aromatic carbocycles. The van der Waals surface area contributed by atoms with Crippen LogP contribution in [0.4, 0.5) is 5.82 Å². The number of nitrogens with zero attached hydrogens (tertiary/aromatic N) is 5. The van der Waals surface area contributed by atoms with E-state index in [1.165, 1.54) is 0 Å². The first-order chi connectivity index (χ1) is 13.5. The normalized spacial score (nSPS) is 14.9. The fraction of sp³-hybridized carbons (Fsp3) is 0.556. The summed E-state index contributed by atoms with van der Waals surface area (Å²) in [6.07, 6.45) is 0.632. The molecule has 1 aliphatic heterocycles. The van der Waals surface area contributed by atoms with E-state index in [0.717, 1.165) is 49.4 Å². The summed E-state index contributed by atoms with van der Waals surface area (Å²) in [5.41, 5.74) is 0.819. The minimum Gasteiger partial charge on any atom is -0.493 e. The van der Waals surface area contributed by atoms with Crippen molar-refractivity contribution in [3.05, 3.63) is 28.1 Å². The average Bonchev–Trinajstić information content (AvgIpc) is 2.70. The number of piperazine rings is 1. The lowest BCUT2D eigenvalue weighted by Crippen LogP contribution is -2.47. The zero-order chi connectivity index (χ0) is 20.1. The molecule has 1 aliphatic rings. The van der Waals surface area contributed by atoms with Gasteiger partial charge in [-0.2, -0.15) is 0 Å². The number of fused-ring (bicyclic) bond motifs is 1. The van der Waals surface area contributed by atoms with Crippen LogP contribution in [0, 0.1) is 17.0 Å². The molecule has 2 heterocycles. The van der Waals surface area contributed by atoms with Gasteiger partial charge in [0.15, 0.2) is 11.5 Å². The molecule has 0 unspecified atom stereocenters. The first kappa shape index (κ1) is 19.9. The Hall–Kier alpha value is -2.88. The number of benzene rings is 1. The molecule has 3 rings (SSSR count). The maximum absolute atomic E-state index is 10.2. The van der Waals surface area contributed by atoms with E-state index >= 15 is 0 Å². The van der Waals surface area contributed by atoms with E-state index in [1.54, 1.807) is 14.2 Å². The average molecular weight is 391 g/mol. The summed E-state index contributed by atoms with van der Waals surface area (Å²) in [7, 11) is 3.22. The number of methoxy groups -OCH3 is 2. The van der Waals surface area contributed by atoms with Crippen molar-refractivity contribution in [1.29, 1.82) is 0 Å². The third kappa shape index (κ3) is 4.50. The Balaban J connectivity index is 1.73. The Morgan fingerprint density at radius 1 is 1.11 bits per heavy atom. The largest absolute Gasteiger partial charge is 0.493 e. The Bertz CT molecular complexity index is 839. The van der Waals surface area contributed by atoms with Crippen molar-refractivity contribution in [2.24, 2.45) is 0 Å². The van der Waals surface area contributed by atoms with Gasteiger partial charge in [0.05, 0.1) is 26.3 Å². The molecule has 0 bridgehead atoms. The minimum absolute atomic E-state index is 0.130. The maximum atomic E-state index is 10.2. The van der Waals surface area contributed by atoms with Gasteiger partial charge >= 0.3 is 0 Å². The summed E-state index contributed by atoms with van der Waals surface area (Å²) in [5.74, 6) is 2.88. The van der Waals surface area contributed by atoms with Crippen LogP contribution in [-0.4, -0.2) is 73.5 Å². The third-order valence-corrected chi connectivity index (χ3v) is 4.78. The molecule has 0 amide bonds. The van der Waals surface area contributed by atoms with Crippen LogP contribution >= 0.6 is 0 Å². The first-order valence-corrected chi connectivity index (χ1v) is 9.17. The predicted octanol–water partition coefficient (Wildman–Crippen LogP) is 1.68. The van der Waals surface area contributed by atoms with E-state index in [4.69, 9.17) is 9.47 Å². The van der Waals surface area contributed by atoms with Gasteiger partial charge in [0.1, 0.15) is 11.6 Å². The van der Waals surface area contributed by atoms with Crippen LogP contribution in [-0.2, 0) is 4.84 Å². The monoisotopic (exact) mass is 391 g/mol. The van der Waals surface area contributed by atoms with Crippen molar-refractivity contribution in [3.63, 3.8) is 0 Å². The van der Waals surface area contributed by atoms with Gasteiger partial charge in [-0.3, -0.25) is 4.90 Å². The van der Waals surface area contributed by atoms with Crippen molar-refractivity contribution in [2.45, 2.75) is 13.3 Å². The first-order valence-electron chi connectivity index (χ1n) is 9.17. The van der Waals surface area contributed by atoms with Gasteiger partial charge in [-0.1, -0.05) is 0 Å². The van der Waals surface area contributed by atoms with E-state index in [9.17, 15) is 10.1 Å². The number of hydrogen-bond acceptors (Lipinski definition) is 9. The van der Waals surface area contributed by atoms with Crippen LogP contribution in [0.2, 0.25) is 0 Å². The summed E-state index contributed by atoms with van der Waals surface area (Å²) in [6.45, 7) is 6.13. The molecule has 0 radical (unpaired) electrons. The summed E-state index contributed by atoms with van der Waals surface area (Å²) < 4.78 is 10.8. The van der Waals surface area contributed by atoms with E-state index in [1.807, 2.05) is 19.1 Å². The second-order valence-electron chi connectivity index (χ2n) is 6.56. The highest BCUT2D eigenvalue weighted by molar-refractivity contribution is 5.92. The molecule has 0 spiro atoms. The summed E-state index contributed by atoms with van der Waals surface area (Å²) in [6, 6.07) is 3.79. The summed E-state index contributed by atoms with van der Waals surface area (Å²) in [5, 5.41) is 10.4. The van der Waals surface area contributed by atoms with Crippen LogP contribution in [0.25, 0.3) is 10.9 Å². The van der Waals surface area contributed by atoms with E-state index in [0.29, 0.717) is 23.7 Å². The topological polar surface area (TPSA) is 103 Å². The molecule has 28 heavy (non-hydrogen) atoms. The number of anilines is 1. The zero-order valence-electron chi connectivity index (χ0n) is 16.4. The molecule has 1 saturated heterocycles. The molecular weight excluding hydrogens is 366 g/mol. The van der Waals surface area contributed by atoms with Crippen molar-refractivity contribution in [3.8, 4) is 11.5 Å². The molecule has 10 heteroatoms. The maximum Gasteiger partial charge on any atom is 0.294 e. The van der Waals surface area contributed by atoms with Gasteiger partial charge in [-0.15, -0.1) is 10.1 Å². The number of ether oxygens (including phenoxy) is 2. The van der Waals surface area contributed by atoms with Gasteiger partial charge in [-0.05, 0) is 19.4 Å². The Morgan fingerprint density at radius 2 is 1.79 bits per heavy atom.